The monoisotopic (exact) mass is 276 g/mol. The van der Waals surface area contributed by atoms with E-state index < -0.39 is 17.4 Å². The molecule has 0 aromatic heterocycles. The van der Waals surface area contributed by atoms with Gasteiger partial charge in [0.1, 0.15) is 5.75 Å². The van der Waals surface area contributed by atoms with E-state index in [1.807, 2.05) is 0 Å². The van der Waals surface area contributed by atoms with Gasteiger partial charge in [-0.1, -0.05) is 18.2 Å². The molecule has 0 heterocycles. The second-order valence-electron chi connectivity index (χ2n) is 4.51. The summed E-state index contributed by atoms with van der Waals surface area (Å²) in [5.74, 6) is -1.90. The summed E-state index contributed by atoms with van der Waals surface area (Å²) >= 11 is 0. The molecule has 0 aliphatic rings. The van der Waals surface area contributed by atoms with Crippen LogP contribution in [-0.4, -0.2) is 12.9 Å². The van der Waals surface area contributed by atoms with Crippen molar-refractivity contribution in [3.63, 3.8) is 0 Å². The highest BCUT2D eigenvalue weighted by atomic mass is 19.2. The average molecular weight is 276 g/mol. The Balaban J connectivity index is 2.26. The average Bonchev–Trinajstić information content (AvgIpc) is 2.45. The highest BCUT2D eigenvalue weighted by Crippen LogP contribution is 2.19. The molecule has 0 atom stereocenters. The Kier molecular flexibility index (Phi) is 4.13. The van der Waals surface area contributed by atoms with Crippen LogP contribution in [0.25, 0.3) is 0 Å². The number of ether oxygens (including phenoxy) is 1. The minimum Gasteiger partial charge on any atom is -0.497 e. The number of hydrogen-bond acceptors (Lipinski definition) is 2. The van der Waals surface area contributed by atoms with Gasteiger partial charge in [-0.25, -0.2) is 8.78 Å². The molecule has 2 nitrogen and oxygen atoms in total. The van der Waals surface area contributed by atoms with Crippen LogP contribution >= 0.6 is 0 Å². The van der Waals surface area contributed by atoms with Gasteiger partial charge in [0, 0.05) is 6.42 Å². The van der Waals surface area contributed by atoms with Gasteiger partial charge < -0.3 is 4.74 Å². The first-order valence-electron chi connectivity index (χ1n) is 6.13. The fourth-order valence-corrected chi connectivity index (χ4v) is 1.92. The molecule has 2 rings (SSSR count). The van der Waals surface area contributed by atoms with Gasteiger partial charge in [-0.15, -0.1) is 0 Å². The molecule has 2 aromatic rings. The van der Waals surface area contributed by atoms with Crippen molar-refractivity contribution in [1.29, 1.82) is 0 Å². The van der Waals surface area contributed by atoms with Crippen molar-refractivity contribution in [2.45, 2.75) is 13.3 Å². The zero-order chi connectivity index (χ0) is 14.7. The summed E-state index contributed by atoms with van der Waals surface area (Å²) in [5.41, 5.74) is 0.645. The summed E-state index contributed by atoms with van der Waals surface area (Å²) < 4.78 is 32.3. The number of methoxy groups -OCH3 is 1. The molecule has 0 N–H and O–H groups in total. The van der Waals surface area contributed by atoms with Crippen LogP contribution in [0.15, 0.2) is 36.4 Å². The molecule has 0 amide bonds. The maximum absolute atomic E-state index is 13.7. The summed E-state index contributed by atoms with van der Waals surface area (Å²) in [5, 5.41) is 0. The summed E-state index contributed by atoms with van der Waals surface area (Å²) in [6.07, 6.45) is -0.00335. The fourth-order valence-electron chi connectivity index (χ4n) is 1.92. The van der Waals surface area contributed by atoms with Gasteiger partial charge in [0.05, 0.1) is 12.7 Å². The molecule has 0 saturated heterocycles. The molecule has 2 aromatic carbocycles. The van der Waals surface area contributed by atoms with Crippen molar-refractivity contribution in [2.75, 3.05) is 7.11 Å². The Morgan fingerprint density at radius 2 is 1.90 bits per heavy atom. The minimum absolute atomic E-state index is 0.00335. The smallest absolute Gasteiger partial charge is 0.170 e. The van der Waals surface area contributed by atoms with E-state index in [2.05, 4.69) is 0 Å². The zero-order valence-electron chi connectivity index (χ0n) is 11.2. The summed E-state index contributed by atoms with van der Waals surface area (Å²) in [7, 11) is 1.52. The van der Waals surface area contributed by atoms with Crippen LogP contribution in [-0.2, 0) is 6.42 Å². The summed E-state index contributed by atoms with van der Waals surface area (Å²) in [6, 6.07) is 9.64. The van der Waals surface area contributed by atoms with Gasteiger partial charge in [0.25, 0.3) is 0 Å². The van der Waals surface area contributed by atoms with Gasteiger partial charge in [-0.2, -0.15) is 0 Å². The number of rotatable bonds is 4. The van der Waals surface area contributed by atoms with Crippen LogP contribution in [0.2, 0.25) is 0 Å². The zero-order valence-corrected chi connectivity index (χ0v) is 11.2. The van der Waals surface area contributed by atoms with E-state index in [0.717, 1.165) is 0 Å². The Morgan fingerprint density at radius 3 is 2.60 bits per heavy atom. The van der Waals surface area contributed by atoms with Crippen LogP contribution in [0, 0.1) is 18.6 Å². The highest BCUT2D eigenvalue weighted by molar-refractivity contribution is 5.97. The number of carbonyl (C=O) groups is 1. The van der Waals surface area contributed by atoms with Crippen molar-refractivity contribution >= 4 is 5.78 Å². The Hall–Kier alpha value is -2.23. The van der Waals surface area contributed by atoms with Crippen molar-refractivity contribution in [1.82, 2.24) is 0 Å². The SMILES string of the molecule is COc1cccc(CC(=O)c2ccc(C)c(F)c2F)c1. The molecular weight excluding hydrogens is 262 g/mol. The lowest BCUT2D eigenvalue weighted by atomic mass is 10.0. The maximum Gasteiger partial charge on any atom is 0.170 e. The second kappa shape index (κ2) is 5.82. The number of carbonyl (C=O) groups excluding carboxylic acids is 1. The number of benzene rings is 2. The lowest BCUT2D eigenvalue weighted by molar-refractivity contribution is 0.0988. The standard InChI is InChI=1S/C16H14F2O2/c1-10-6-7-13(16(18)15(10)17)14(19)9-11-4-3-5-12(8-11)20-2/h3-8H,9H2,1-2H3. The van der Waals surface area contributed by atoms with E-state index in [9.17, 15) is 13.6 Å². The van der Waals surface area contributed by atoms with E-state index in [1.165, 1.54) is 26.2 Å². The summed E-state index contributed by atoms with van der Waals surface area (Å²) in [6.45, 7) is 1.45. The molecular formula is C16H14F2O2. The van der Waals surface area contributed by atoms with Gasteiger partial charge in [0.2, 0.25) is 0 Å². The highest BCUT2D eigenvalue weighted by Gasteiger charge is 2.17. The van der Waals surface area contributed by atoms with E-state index in [-0.39, 0.29) is 17.5 Å². The molecule has 0 aliphatic carbocycles. The molecule has 4 heteroatoms. The van der Waals surface area contributed by atoms with E-state index in [1.54, 1.807) is 24.3 Å². The van der Waals surface area contributed by atoms with Crippen LogP contribution < -0.4 is 4.74 Å². The maximum atomic E-state index is 13.7. The number of hydrogen-bond donors (Lipinski definition) is 0. The largest absolute Gasteiger partial charge is 0.497 e. The molecule has 104 valence electrons. The van der Waals surface area contributed by atoms with Crippen LogP contribution in [0.5, 0.6) is 5.75 Å². The van der Waals surface area contributed by atoms with E-state index >= 15 is 0 Å². The lowest BCUT2D eigenvalue weighted by Gasteiger charge is -2.06. The topological polar surface area (TPSA) is 26.3 Å². The third-order valence-electron chi connectivity index (χ3n) is 3.07. The Bertz CT molecular complexity index is 651. The van der Waals surface area contributed by atoms with E-state index in [4.69, 9.17) is 4.74 Å². The number of halogens is 2. The van der Waals surface area contributed by atoms with Crippen LogP contribution in [0.4, 0.5) is 8.78 Å². The minimum atomic E-state index is -1.09. The van der Waals surface area contributed by atoms with E-state index in [0.29, 0.717) is 11.3 Å². The second-order valence-corrected chi connectivity index (χ2v) is 4.51. The van der Waals surface area contributed by atoms with Crippen molar-refractivity contribution in [2.24, 2.45) is 0 Å². The molecule has 0 bridgehead atoms. The van der Waals surface area contributed by atoms with Gasteiger partial charge >= 0.3 is 0 Å². The Morgan fingerprint density at radius 1 is 1.15 bits per heavy atom. The van der Waals surface area contributed by atoms with Crippen molar-refractivity contribution in [3.8, 4) is 5.75 Å². The molecule has 0 saturated carbocycles. The van der Waals surface area contributed by atoms with Gasteiger partial charge in [-0.05, 0) is 36.2 Å². The third-order valence-corrected chi connectivity index (χ3v) is 3.07. The lowest BCUT2D eigenvalue weighted by Crippen LogP contribution is -2.08. The van der Waals surface area contributed by atoms with Gasteiger partial charge in [0.15, 0.2) is 17.4 Å². The first-order chi connectivity index (χ1) is 9.52. The predicted octanol–water partition coefficient (Wildman–Crippen LogP) is 3.71. The Labute approximate surface area is 116 Å². The van der Waals surface area contributed by atoms with Gasteiger partial charge in [-0.3, -0.25) is 4.79 Å². The molecule has 0 spiro atoms. The van der Waals surface area contributed by atoms with Crippen LogP contribution in [0.3, 0.4) is 0 Å². The number of Topliss-reactive ketones (excluding diaryl/α,β-unsaturated/α-hetero) is 1. The fraction of sp³-hybridized carbons (Fsp3) is 0.188. The van der Waals surface area contributed by atoms with Crippen molar-refractivity contribution in [3.05, 3.63) is 64.7 Å². The summed E-state index contributed by atoms with van der Waals surface area (Å²) in [4.78, 5) is 12.1. The quantitative estimate of drug-likeness (QED) is 0.796. The first-order valence-corrected chi connectivity index (χ1v) is 6.13. The normalized spacial score (nSPS) is 10.4. The first kappa shape index (κ1) is 14.2. The van der Waals surface area contributed by atoms with Crippen LogP contribution in [0.1, 0.15) is 21.5 Å². The van der Waals surface area contributed by atoms with Crippen molar-refractivity contribution < 1.29 is 18.3 Å². The number of aryl methyl sites for hydroxylation is 1. The molecule has 0 radical (unpaired) electrons. The predicted molar refractivity (Wildman–Crippen MR) is 72.1 cm³/mol. The molecule has 20 heavy (non-hydrogen) atoms. The molecule has 0 unspecified atom stereocenters. The molecule has 0 fully saturated rings. The number of ketones is 1. The third kappa shape index (κ3) is 2.85. The molecule has 0 aliphatic heterocycles.